The van der Waals surface area contributed by atoms with Gasteiger partial charge in [-0.3, -0.25) is 4.79 Å². The molecule has 2 fully saturated rings. The number of benzene rings is 2. The Bertz CT molecular complexity index is 1170. The number of aliphatic hydroxyl groups is 1. The maximum Gasteiger partial charge on any atom is 0.226 e. The summed E-state index contributed by atoms with van der Waals surface area (Å²) < 4.78 is 5.36. The van der Waals surface area contributed by atoms with E-state index in [1.165, 1.54) is 0 Å². The Labute approximate surface area is 206 Å². The number of aromatic nitrogens is 2. The largest absolute Gasteiger partial charge is 0.497 e. The van der Waals surface area contributed by atoms with E-state index >= 15 is 0 Å². The maximum atomic E-state index is 13.2. The second kappa shape index (κ2) is 10.2. The zero-order chi connectivity index (χ0) is 24.4. The van der Waals surface area contributed by atoms with Crippen molar-refractivity contribution in [2.24, 2.45) is 11.8 Å². The van der Waals surface area contributed by atoms with Gasteiger partial charge in [-0.1, -0.05) is 30.3 Å². The number of aryl methyl sites for hydroxylation is 1. The Morgan fingerprint density at radius 1 is 1.00 bits per heavy atom. The SMILES string of the molecule is COc1ccc2c(C)nc(N3CCC(C(=O)N4CCC(C(O)c5ccccc5)CC4)CC3)nc2c1. The summed E-state index contributed by atoms with van der Waals surface area (Å²) in [7, 11) is 1.66. The first-order valence-electron chi connectivity index (χ1n) is 12.6. The highest BCUT2D eigenvalue weighted by Gasteiger charge is 2.33. The van der Waals surface area contributed by atoms with E-state index in [2.05, 4.69) is 4.90 Å². The average Bonchev–Trinajstić information content (AvgIpc) is 2.92. The molecular weight excluding hydrogens is 440 g/mol. The number of hydrogen-bond acceptors (Lipinski definition) is 6. The Morgan fingerprint density at radius 3 is 2.40 bits per heavy atom. The third kappa shape index (κ3) is 4.96. The lowest BCUT2D eigenvalue weighted by atomic mass is 9.86. The number of amides is 1. The minimum Gasteiger partial charge on any atom is -0.497 e. The first kappa shape index (κ1) is 23.5. The van der Waals surface area contributed by atoms with E-state index in [9.17, 15) is 9.90 Å². The van der Waals surface area contributed by atoms with Gasteiger partial charge < -0.3 is 19.6 Å². The molecule has 0 bridgehead atoms. The maximum absolute atomic E-state index is 13.2. The fraction of sp³-hybridized carbons (Fsp3) is 0.464. The number of aliphatic hydroxyl groups excluding tert-OH is 1. The molecule has 2 aliphatic heterocycles. The summed E-state index contributed by atoms with van der Waals surface area (Å²) in [6, 6.07) is 15.7. The molecule has 184 valence electrons. The number of piperidine rings is 2. The van der Waals surface area contributed by atoms with E-state index in [0.717, 1.165) is 85.7 Å². The number of anilines is 1. The molecule has 0 spiro atoms. The highest BCUT2D eigenvalue weighted by molar-refractivity contribution is 5.83. The summed E-state index contributed by atoms with van der Waals surface area (Å²) in [6.07, 6.45) is 2.85. The van der Waals surface area contributed by atoms with Crippen molar-refractivity contribution in [3.8, 4) is 5.75 Å². The van der Waals surface area contributed by atoms with Crippen LogP contribution in [-0.2, 0) is 4.79 Å². The zero-order valence-corrected chi connectivity index (χ0v) is 20.6. The third-order valence-corrected chi connectivity index (χ3v) is 7.65. The first-order valence-corrected chi connectivity index (χ1v) is 12.6. The van der Waals surface area contributed by atoms with Crippen LogP contribution in [0.15, 0.2) is 48.5 Å². The van der Waals surface area contributed by atoms with E-state index in [-0.39, 0.29) is 17.7 Å². The molecule has 7 heteroatoms. The smallest absolute Gasteiger partial charge is 0.226 e. The summed E-state index contributed by atoms with van der Waals surface area (Å²) in [5.41, 5.74) is 2.80. The van der Waals surface area contributed by atoms with Gasteiger partial charge in [0.1, 0.15) is 5.75 Å². The van der Waals surface area contributed by atoms with Gasteiger partial charge in [0.05, 0.1) is 24.4 Å². The Kier molecular flexibility index (Phi) is 6.86. The molecule has 35 heavy (non-hydrogen) atoms. The lowest BCUT2D eigenvalue weighted by molar-refractivity contribution is -0.138. The minimum atomic E-state index is -0.456. The summed E-state index contributed by atoms with van der Waals surface area (Å²) in [4.78, 5) is 27.0. The minimum absolute atomic E-state index is 0.0449. The van der Waals surface area contributed by atoms with Gasteiger partial charge in [0.25, 0.3) is 0 Å². The van der Waals surface area contributed by atoms with Gasteiger partial charge in [0, 0.05) is 43.5 Å². The van der Waals surface area contributed by atoms with Crippen LogP contribution in [0.3, 0.4) is 0 Å². The molecule has 7 nitrogen and oxygen atoms in total. The molecule has 1 aromatic heterocycles. The number of carbonyl (C=O) groups excluding carboxylic acids is 1. The van der Waals surface area contributed by atoms with E-state index in [1.807, 2.05) is 60.4 Å². The molecule has 2 aromatic carbocycles. The summed E-state index contributed by atoms with van der Waals surface area (Å²) >= 11 is 0. The highest BCUT2D eigenvalue weighted by Crippen LogP contribution is 2.32. The molecule has 3 heterocycles. The first-order chi connectivity index (χ1) is 17.0. The predicted molar refractivity (Wildman–Crippen MR) is 136 cm³/mol. The zero-order valence-electron chi connectivity index (χ0n) is 20.6. The number of fused-ring (bicyclic) bond motifs is 1. The van der Waals surface area contributed by atoms with Crippen molar-refractivity contribution in [2.75, 3.05) is 38.2 Å². The number of likely N-dealkylation sites (tertiary alicyclic amines) is 1. The van der Waals surface area contributed by atoms with Gasteiger partial charge in [0.15, 0.2) is 0 Å². The van der Waals surface area contributed by atoms with Crippen molar-refractivity contribution in [2.45, 2.75) is 38.7 Å². The van der Waals surface area contributed by atoms with Crippen LogP contribution in [0.1, 0.15) is 43.0 Å². The summed E-state index contributed by atoms with van der Waals surface area (Å²) in [6.45, 7) is 5.00. The number of methoxy groups -OCH3 is 1. The lowest BCUT2D eigenvalue weighted by Crippen LogP contribution is -2.46. The van der Waals surface area contributed by atoms with Crippen molar-refractivity contribution in [1.82, 2.24) is 14.9 Å². The molecule has 2 saturated heterocycles. The van der Waals surface area contributed by atoms with Crippen molar-refractivity contribution in [3.63, 3.8) is 0 Å². The van der Waals surface area contributed by atoms with Crippen LogP contribution in [0.4, 0.5) is 5.95 Å². The van der Waals surface area contributed by atoms with Gasteiger partial charge in [-0.25, -0.2) is 9.97 Å². The van der Waals surface area contributed by atoms with Crippen molar-refractivity contribution in [3.05, 3.63) is 59.8 Å². The van der Waals surface area contributed by atoms with Gasteiger partial charge in [0.2, 0.25) is 11.9 Å². The Hall–Kier alpha value is -3.19. The van der Waals surface area contributed by atoms with Crippen LogP contribution in [-0.4, -0.2) is 59.2 Å². The standard InChI is InChI=1S/C28H34N4O3/c1-19-24-9-8-23(35-2)18-25(24)30-28(29-19)32-16-12-22(13-17-32)27(34)31-14-10-21(11-15-31)26(33)20-6-4-3-5-7-20/h3-9,18,21-22,26,33H,10-17H2,1-2H3. The molecule has 5 rings (SSSR count). The van der Waals surface area contributed by atoms with Gasteiger partial charge in [-0.15, -0.1) is 0 Å². The molecule has 0 radical (unpaired) electrons. The Morgan fingerprint density at radius 2 is 1.71 bits per heavy atom. The molecule has 1 atom stereocenters. The fourth-order valence-electron chi connectivity index (χ4n) is 5.46. The molecule has 0 aliphatic carbocycles. The topological polar surface area (TPSA) is 78.8 Å². The monoisotopic (exact) mass is 474 g/mol. The second-order valence-corrected chi connectivity index (χ2v) is 9.77. The fourth-order valence-corrected chi connectivity index (χ4v) is 5.46. The van der Waals surface area contributed by atoms with Gasteiger partial charge in [-0.05, 0) is 56.2 Å². The van der Waals surface area contributed by atoms with Crippen LogP contribution < -0.4 is 9.64 Å². The molecule has 2 aliphatic rings. The lowest BCUT2D eigenvalue weighted by Gasteiger charge is -2.38. The third-order valence-electron chi connectivity index (χ3n) is 7.65. The van der Waals surface area contributed by atoms with E-state index in [1.54, 1.807) is 7.11 Å². The summed E-state index contributed by atoms with van der Waals surface area (Å²) in [5.74, 6) is 2.02. The summed E-state index contributed by atoms with van der Waals surface area (Å²) in [5, 5.41) is 11.8. The van der Waals surface area contributed by atoms with Crippen LogP contribution in [0.25, 0.3) is 10.9 Å². The van der Waals surface area contributed by atoms with Crippen LogP contribution >= 0.6 is 0 Å². The number of hydrogen-bond donors (Lipinski definition) is 1. The van der Waals surface area contributed by atoms with E-state index in [4.69, 9.17) is 14.7 Å². The second-order valence-electron chi connectivity index (χ2n) is 9.77. The normalized spacial score (nSPS) is 18.6. The quantitative estimate of drug-likeness (QED) is 0.599. The van der Waals surface area contributed by atoms with Gasteiger partial charge in [-0.2, -0.15) is 0 Å². The van der Waals surface area contributed by atoms with Crippen LogP contribution in [0.5, 0.6) is 5.75 Å². The highest BCUT2D eigenvalue weighted by atomic mass is 16.5. The van der Waals surface area contributed by atoms with Crippen LogP contribution in [0.2, 0.25) is 0 Å². The van der Waals surface area contributed by atoms with Crippen molar-refractivity contribution < 1.29 is 14.6 Å². The molecule has 1 amide bonds. The molecule has 1 unspecified atom stereocenters. The van der Waals surface area contributed by atoms with E-state index < -0.39 is 6.10 Å². The van der Waals surface area contributed by atoms with Crippen LogP contribution in [0, 0.1) is 18.8 Å². The van der Waals surface area contributed by atoms with Crippen molar-refractivity contribution >= 4 is 22.8 Å². The average molecular weight is 475 g/mol. The molecular formula is C28H34N4O3. The number of ether oxygens (including phenoxy) is 1. The molecule has 1 N–H and O–H groups in total. The number of nitrogens with zero attached hydrogens (tertiary/aromatic N) is 4. The van der Waals surface area contributed by atoms with E-state index in [0.29, 0.717) is 0 Å². The van der Waals surface area contributed by atoms with Gasteiger partial charge >= 0.3 is 0 Å². The molecule has 3 aromatic rings. The number of carbonyl (C=O) groups is 1. The Balaban J connectivity index is 1.17. The predicted octanol–water partition coefficient (Wildman–Crippen LogP) is 4.14. The molecule has 0 saturated carbocycles. The number of rotatable bonds is 5. The van der Waals surface area contributed by atoms with Crippen molar-refractivity contribution in [1.29, 1.82) is 0 Å².